The SMILES string of the molecule is COC1=[C-]CC=C1.COC1=[C-]CC=C1.Cl.Cl.[Ti+2]. The zero-order valence-electron chi connectivity index (χ0n) is 9.86. The van der Waals surface area contributed by atoms with Gasteiger partial charge in [-0.2, -0.15) is 24.3 Å². The number of allylic oxidation sites excluding steroid dienone is 6. The van der Waals surface area contributed by atoms with Crippen molar-refractivity contribution < 1.29 is 31.2 Å². The number of ether oxygens (including phenoxy) is 2. The number of hydrogen-bond donors (Lipinski definition) is 0. The van der Waals surface area contributed by atoms with Crippen LogP contribution in [0.25, 0.3) is 0 Å². The Bertz CT molecular complexity index is 267. The van der Waals surface area contributed by atoms with Crippen LogP contribution in [0.5, 0.6) is 0 Å². The Balaban J connectivity index is -0.000000196. The summed E-state index contributed by atoms with van der Waals surface area (Å²) in [5.74, 6) is 1.72. The summed E-state index contributed by atoms with van der Waals surface area (Å²) >= 11 is 0. The normalized spacial score (nSPS) is 14.0. The van der Waals surface area contributed by atoms with E-state index in [0.29, 0.717) is 0 Å². The number of hydrogen-bond acceptors (Lipinski definition) is 2. The fourth-order valence-corrected chi connectivity index (χ4v) is 1.05. The third-order valence-corrected chi connectivity index (χ3v) is 1.77. The van der Waals surface area contributed by atoms with Crippen molar-refractivity contribution in [2.75, 3.05) is 14.2 Å². The van der Waals surface area contributed by atoms with Gasteiger partial charge >= 0.3 is 21.7 Å². The van der Waals surface area contributed by atoms with Crippen LogP contribution in [0.15, 0.2) is 35.8 Å². The minimum atomic E-state index is 0. The van der Waals surface area contributed by atoms with E-state index < -0.39 is 0 Å². The van der Waals surface area contributed by atoms with Gasteiger partial charge in [-0.3, -0.25) is 0 Å². The summed E-state index contributed by atoms with van der Waals surface area (Å²) in [6.45, 7) is 0. The van der Waals surface area contributed by atoms with Crippen LogP contribution in [-0.4, -0.2) is 14.2 Å². The zero-order chi connectivity index (χ0) is 10.2. The molecular formula is C12H16Cl2O2Ti. The van der Waals surface area contributed by atoms with Gasteiger partial charge in [0.05, 0.1) is 14.2 Å². The second-order valence-corrected chi connectivity index (χ2v) is 2.70. The van der Waals surface area contributed by atoms with E-state index in [-0.39, 0.29) is 46.5 Å². The molecule has 0 radical (unpaired) electrons. The molecule has 2 nitrogen and oxygen atoms in total. The third kappa shape index (κ3) is 9.55. The number of methoxy groups -OCH3 is 2. The summed E-state index contributed by atoms with van der Waals surface area (Å²) in [6, 6.07) is 0. The van der Waals surface area contributed by atoms with Crippen molar-refractivity contribution in [1.82, 2.24) is 0 Å². The molecule has 2 aliphatic carbocycles. The monoisotopic (exact) mass is 310 g/mol. The van der Waals surface area contributed by atoms with Crippen LogP contribution < -0.4 is 0 Å². The maximum absolute atomic E-state index is 4.83. The van der Waals surface area contributed by atoms with Crippen molar-refractivity contribution in [3.63, 3.8) is 0 Å². The second kappa shape index (κ2) is 13.9. The molecule has 0 amide bonds. The van der Waals surface area contributed by atoms with Gasteiger partial charge in [0.1, 0.15) is 0 Å². The van der Waals surface area contributed by atoms with Gasteiger partial charge in [-0.15, -0.1) is 37.7 Å². The summed E-state index contributed by atoms with van der Waals surface area (Å²) in [4.78, 5) is 0. The van der Waals surface area contributed by atoms with Crippen LogP contribution >= 0.6 is 24.8 Å². The summed E-state index contributed by atoms with van der Waals surface area (Å²) in [6.07, 6.45) is 15.6. The zero-order valence-corrected chi connectivity index (χ0v) is 13.1. The predicted octanol–water partition coefficient (Wildman–Crippen LogP) is 3.40. The summed E-state index contributed by atoms with van der Waals surface area (Å²) < 4.78 is 9.66. The molecule has 0 heterocycles. The molecule has 17 heavy (non-hydrogen) atoms. The van der Waals surface area contributed by atoms with Crippen LogP contribution in [-0.2, 0) is 31.2 Å². The van der Waals surface area contributed by atoms with Gasteiger partial charge in [0.15, 0.2) is 0 Å². The Hall–Kier alpha value is -0.146. The fraction of sp³-hybridized carbons (Fsp3) is 0.333. The van der Waals surface area contributed by atoms with Crippen molar-refractivity contribution in [1.29, 1.82) is 0 Å². The van der Waals surface area contributed by atoms with Gasteiger partial charge in [-0.1, -0.05) is 11.5 Å². The molecule has 0 saturated carbocycles. The molecule has 0 fully saturated rings. The summed E-state index contributed by atoms with van der Waals surface area (Å²) in [5.41, 5.74) is 0. The first kappa shape index (κ1) is 22.1. The Kier molecular flexibility index (Phi) is 18.1. The molecule has 0 N–H and O–H groups in total. The van der Waals surface area contributed by atoms with E-state index in [9.17, 15) is 0 Å². The molecule has 0 unspecified atom stereocenters. The molecule has 5 heteroatoms. The maximum Gasteiger partial charge on any atom is 2.00 e. The Morgan fingerprint density at radius 3 is 1.35 bits per heavy atom. The average Bonchev–Trinajstić information content (AvgIpc) is 2.92. The first-order valence-electron chi connectivity index (χ1n) is 4.49. The van der Waals surface area contributed by atoms with E-state index in [0.717, 1.165) is 24.4 Å². The van der Waals surface area contributed by atoms with Crippen molar-refractivity contribution in [3.05, 3.63) is 48.0 Å². The van der Waals surface area contributed by atoms with Crippen LogP contribution in [0.4, 0.5) is 0 Å². The maximum atomic E-state index is 4.83. The average molecular weight is 311 g/mol. The minimum Gasteiger partial charge on any atom is -0.535 e. The van der Waals surface area contributed by atoms with Crippen molar-refractivity contribution in [2.45, 2.75) is 12.8 Å². The smallest absolute Gasteiger partial charge is 0.535 e. The largest absolute Gasteiger partial charge is 2.00 e. The van der Waals surface area contributed by atoms with Crippen LogP contribution in [0.3, 0.4) is 0 Å². The van der Waals surface area contributed by atoms with E-state index in [1.807, 2.05) is 24.3 Å². The van der Waals surface area contributed by atoms with Crippen molar-refractivity contribution >= 4 is 24.8 Å². The number of rotatable bonds is 2. The van der Waals surface area contributed by atoms with E-state index in [2.05, 4.69) is 12.2 Å². The molecule has 0 aromatic rings. The predicted molar refractivity (Wildman–Crippen MR) is 69.5 cm³/mol. The Morgan fingerprint density at radius 2 is 1.24 bits per heavy atom. The molecule has 0 aromatic carbocycles. The Morgan fingerprint density at radius 1 is 0.882 bits per heavy atom. The van der Waals surface area contributed by atoms with Crippen molar-refractivity contribution in [2.24, 2.45) is 0 Å². The van der Waals surface area contributed by atoms with Crippen LogP contribution in [0.2, 0.25) is 0 Å². The molecule has 0 bridgehead atoms. The molecule has 0 aromatic heterocycles. The topological polar surface area (TPSA) is 18.5 Å². The second-order valence-electron chi connectivity index (χ2n) is 2.70. The summed E-state index contributed by atoms with van der Waals surface area (Å²) in [7, 11) is 3.30. The van der Waals surface area contributed by atoms with Crippen molar-refractivity contribution in [3.8, 4) is 0 Å². The number of halogens is 2. The molecular weight excluding hydrogens is 295 g/mol. The molecule has 2 aliphatic rings. The molecule has 0 atom stereocenters. The third-order valence-electron chi connectivity index (χ3n) is 1.77. The van der Waals surface area contributed by atoms with E-state index >= 15 is 0 Å². The first-order chi connectivity index (χ1) is 6.86. The Labute approximate surface area is 131 Å². The van der Waals surface area contributed by atoms with Gasteiger partial charge in [0.25, 0.3) is 0 Å². The van der Waals surface area contributed by atoms with Gasteiger partial charge in [0, 0.05) is 0 Å². The quantitative estimate of drug-likeness (QED) is 0.575. The first-order valence-corrected chi connectivity index (χ1v) is 4.49. The molecule has 2 rings (SSSR count). The van der Waals surface area contributed by atoms with Crippen LogP contribution in [0, 0.1) is 12.2 Å². The standard InChI is InChI=1S/2C6H7O.2ClH.Ti/c2*1-7-6-4-2-3-5-6;;;/h2*2,4H,3H2,1H3;2*1H;/q2*-1;;;+2. The summed E-state index contributed by atoms with van der Waals surface area (Å²) in [5, 5.41) is 0. The molecule has 0 spiro atoms. The van der Waals surface area contributed by atoms with Gasteiger partial charge in [0.2, 0.25) is 0 Å². The minimum absolute atomic E-state index is 0. The van der Waals surface area contributed by atoms with Gasteiger partial charge < -0.3 is 9.47 Å². The molecule has 0 saturated heterocycles. The van der Waals surface area contributed by atoms with E-state index in [1.165, 1.54) is 0 Å². The van der Waals surface area contributed by atoms with Gasteiger partial charge in [-0.25, -0.2) is 12.2 Å². The van der Waals surface area contributed by atoms with Crippen LogP contribution in [0.1, 0.15) is 12.8 Å². The fourth-order valence-electron chi connectivity index (χ4n) is 1.05. The van der Waals surface area contributed by atoms with Gasteiger partial charge in [-0.05, 0) is 0 Å². The van der Waals surface area contributed by atoms with E-state index in [4.69, 9.17) is 9.47 Å². The van der Waals surface area contributed by atoms with E-state index in [1.54, 1.807) is 14.2 Å². The molecule has 94 valence electrons. The molecule has 0 aliphatic heterocycles.